The van der Waals surface area contributed by atoms with E-state index < -0.39 is 19.3 Å². The Morgan fingerprint density at radius 3 is 1.54 bits per heavy atom. The van der Waals surface area contributed by atoms with Gasteiger partial charge >= 0.3 is 0 Å². The van der Waals surface area contributed by atoms with E-state index in [0.29, 0.717) is 19.6 Å². The van der Waals surface area contributed by atoms with E-state index in [2.05, 4.69) is 77.2 Å². The van der Waals surface area contributed by atoms with Crippen LogP contribution in [-0.2, 0) is 14.8 Å². The van der Waals surface area contributed by atoms with Crippen LogP contribution >= 0.6 is 0 Å². The highest BCUT2D eigenvalue weighted by molar-refractivity contribution is 6.74. The van der Waals surface area contributed by atoms with Crippen molar-refractivity contribution in [2.24, 2.45) is 5.41 Å². The molecule has 5 nitrogen and oxygen atoms in total. The van der Waals surface area contributed by atoms with Crippen molar-refractivity contribution in [3.63, 3.8) is 0 Å². The summed E-state index contributed by atoms with van der Waals surface area (Å²) in [5, 5.41) is 10.8. The van der Waals surface area contributed by atoms with Gasteiger partial charge in [-0.3, -0.25) is 0 Å². The van der Waals surface area contributed by atoms with Gasteiger partial charge in [0.2, 0.25) is 0 Å². The summed E-state index contributed by atoms with van der Waals surface area (Å²) in [6, 6.07) is 26.3. The molecule has 1 atom stereocenters. The highest BCUT2D eigenvalue weighted by atomic mass is 28.4. The first-order valence-electron chi connectivity index (χ1n) is 13.7. The summed E-state index contributed by atoms with van der Waals surface area (Å²) in [6.07, 6.45) is 0.716. The lowest BCUT2D eigenvalue weighted by Gasteiger charge is -2.43. The van der Waals surface area contributed by atoms with Crippen molar-refractivity contribution in [3.05, 3.63) is 95.6 Å². The van der Waals surface area contributed by atoms with E-state index in [9.17, 15) is 5.11 Å². The minimum Gasteiger partial charge on any atom is -0.497 e. The highest BCUT2D eigenvalue weighted by Crippen LogP contribution is 2.44. The molecule has 0 aliphatic rings. The molecule has 0 amide bonds. The smallest absolute Gasteiger partial charge is 0.192 e. The molecule has 0 radical (unpaired) electrons. The van der Waals surface area contributed by atoms with E-state index in [1.807, 2.05) is 42.5 Å². The lowest BCUT2D eigenvalue weighted by Crippen LogP contribution is -2.47. The van der Waals surface area contributed by atoms with Gasteiger partial charge in [0, 0.05) is 12.0 Å². The van der Waals surface area contributed by atoms with Gasteiger partial charge in [0.1, 0.15) is 17.1 Å². The molecule has 0 fully saturated rings. The standard InChI is InChI=1S/C33H46O5Si/c1-9-32(23-34,25-38-39(7,8)31(2,3)4)24-37-33(26-13-11-10-12-14-26,27-15-19-29(35-5)20-16-27)28-17-21-30(36-6)22-18-28/h10-22,34H,9,23-25H2,1-8H3. The monoisotopic (exact) mass is 550 g/mol. The first kappa shape index (κ1) is 30.9. The maximum atomic E-state index is 10.7. The first-order chi connectivity index (χ1) is 18.5. The largest absolute Gasteiger partial charge is 0.497 e. The van der Waals surface area contributed by atoms with Crippen LogP contribution in [0.25, 0.3) is 0 Å². The molecule has 0 heterocycles. The van der Waals surface area contributed by atoms with Crippen molar-refractivity contribution in [2.75, 3.05) is 34.0 Å². The summed E-state index contributed by atoms with van der Waals surface area (Å²) < 4.78 is 24.7. The third kappa shape index (κ3) is 6.75. The van der Waals surface area contributed by atoms with Crippen LogP contribution in [0.2, 0.25) is 18.1 Å². The molecular formula is C33H46O5Si. The molecule has 0 aromatic heterocycles. The third-order valence-corrected chi connectivity index (χ3v) is 12.9. The minimum atomic E-state index is -2.03. The number of aliphatic hydroxyl groups excluding tert-OH is 1. The average molecular weight is 551 g/mol. The van der Waals surface area contributed by atoms with Crippen LogP contribution in [0.15, 0.2) is 78.9 Å². The molecular weight excluding hydrogens is 504 g/mol. The van der Waals surface area contributed by atoms with E-state index in [4.69, 9.17) is 18.6 Å². The SMILES string of the molecule is CCC(CO)(COC(c1ccccc1)(c1ccc(OC)cc1)c1ccc(OC)cc1)CO[Si](C)(C)C(C)(C)C. The van der Waals surface area contributed by atoms with Crippen molar-refractivity contribution in [2.45, 2.75) is 57.8 Å². The van der Waals surface area contributed by atoms with E-state index in [1.54, 1.807) is 14.2 Å². The lowest BCUT2D eigenvalue weighted by molar-refractivity contribution is -0.0770. The van der Waals surface area contributed by atoms with Gasteiger partial charge in [0.05, 0.1) is 27.4 Å². The van der Waals surface area contributed by atoms with Gasteiger partial charge in [-0.2, -0.15) is 0 Å². The van der Waals surface area contributed by atoms with Crippen LogP contribution in [0.4, 0.5) is 0 Å². The molecule has 39 heavy (non-hydrogen) atoms. The topological polar surface area (TPSA) is 57.2 Å². The van der Waals surface area contributed by atoms with Crippen LogP contribution in [0, 0.1) is 5.41 Å². The van der Waals surface area contributed by atoms with Crippen LogP contribution in [0.1, 0.15) is 50.8 Å². The van der Waals surface area contributed by atoms with E-state index in [-0.39, 0.29) is 11.6 Å². The van der Waals surface area contributed by atoms with E-state index >= 15 is 0 Å². The second-order valence-corrected chi connectivity index (χ2v) is 16.7. The molecule has 0 spiro atoms. The zero-order valence-electron chi connectivity index (χ0n) is 24.9. The molecule has 3 rings (SSSR count). The first-order valence-corrected chi connectivity index (χ1v) is 16.6. The summed E-state index contributed by atoms with van der Waals surface area (Å²) in [4.78, 5) is 0. The van der Waals surface area contributed by atoms with Crippen LogP contribution < -0.4 is 9.47 Å². The normalized spacial score (nSPS) is 14.1. The predicted octanol–water partition coefficient (Wildman–Crippen LogP) is 7.42. The fraction of sp³-hybridized carbons (Fsp3) is 0.455. The fourth-order valence-electron chi connectivity index (χ4n) is 4.33. The quantitative estimate of drug-likeness (QED) is 0.177. The van der Waals surface area contributed by atoms with E-state index in [0.717, 1.165) is 28.2 Å². The molecule has 0 bridgehead atoms. The molecule has 0 aliphatic carbocycles. The molecule has 3 aromatic carbocycles. The number of methoxy groups -OCH3 is 2. The predicted molar refractivity (Wildman–Crippen MR) is 161 cm³/mol. The zero-order valence-corrected chi connectivity index (χ0v) is 25.9. The Morgan fingerprint density at radius 1 is 0.692 bits per heavy atom. The zero-order chi connectivity index (χ0) is 28.7. The maximum absolute atomic E-state index is 10.7. The fourth-order valence-corrected chi connectivity index (χ4v) is 5.43. The van der Waals surface area contributed by atoms with Crippen molar-refractivity contribution < 1.29 is 23.7 Å². The summed E-state index contributed by atoms with van der Waals surface area (Å²) in [5.74, 6) is 1.55. The van der Waals surface area contributed by atoms with Crippen molar-refractivity contribution in [1.29, 1.82) is 0 Å². The molecule has 0 saturated carbocycles. The van der Waals surface area contributed by atoms with Crippen molar-refractivity contribution in [1.82, 2.24) is 0 Å². The second kappa shape index (κ2) is 12.7. The number of ether oxygens (including phenoxy) is 3. The van der Waals surface area contributed by atoms with Gasteiger partial charge in [0.15, 0.2) is 8.32 Å². The Balaban J connectivity index is 2.13. The molecule has 0 aliphatic heterocycles. The van der Waals surface area contributed by atoms with E-state index in [1.165, 1.54) is 0 Å². The van der Waals surface area contributed by atoms with Gasteiger partial charge < -0.3 is 23.7 Å². The van der Waals surface area contributed by atoms with Gasteiger partial charge in [-0.1, -0.05) is 82.3 Å². The van der Waals surface area contributed by atoms with Crippen LogP contribution in [0.3, 0.4) is 0 Å². The van der Waals surface area contributed by atoms with Gasteiger partial charge in [-0.25, -0.2) is 0 Å². The van der Waals surface area contributed by atoms with Gasteiger partial charge in [0.25, 0.3) is 0 Å². The Hall–Kier alpha value is -2.64. The molecule has 0 saturated heterocycles. The number of hydrogen-bond donors (Lipinski definition) is 1. The number of aliphatic hydroxyl groups is 1. The van der Waals surface area contributed by atoms with Crippen LogP contribution in [0.5, 0.6) is 11.5 Å². The molecule has 3 aromatic rings. The number of hydrogen-bond acceptors (Lipinski definition) is 5. The summed E-state index contributed by atoms with van der Waals surface area (Å²) >= 11 is 0. The Kier molecular flexibility index (Phi) is 10.0. The number of rotatable bonds is 13. The Labute approximate surface area is 236 Å². The van der Waals surface area contributed by atoms with Crippen LogP contribution in [-0.4, -0.2) is 47.5 Å². The van der Waals surface area contributed by atoms with Gasteiger partial charge in [-0.05, 0) is 65.5 Å². The molecule has 212 valence electrons. The molecule has 1 N–H and O–H groups in total. The lowest BCUT2D eigenvalue weighted by atomic mass is 9.79. The van der Waals surface area contributed by atoms with Gasteiger partial charge in [-0.15, -0.1) is 0 Å². The third-order valence-electron chi connectivity index (χ3n) is 8.40. The number of benzene rings is 3. The summed E-state index contributed by atoms with van der Waals surface area (Å²) in [7, 11) is 1.30. The summed E-state index contributed by atoms with van der Waals surface area (Å²) in [5.41, 5.74) is 1.43. The Bertz CT molecular complexity index is 1100. The maximum Gasteiger partial charge on any atom is 0.192 e. The Morgan fingerprint density at radius 2 is 1.15 bits per heavy atom. The molecule has 6 heteroatoms. The minimum absolute atomic E-state index is 0.0335. The van der Waals surface area contributed by atoms with Crippen molar-refractivity contribution >= 4 is 8.32 Å². The second-order valence-electron chi connectivity index (χ2n) is 11.9. The average Bonchev–Trinajstić information content (AvgIpc) is 2.95. The summed E-state index contributed by atoms with van der Waals surface area (Å²) in [6.45, 7) is 14.0. The highest BCUT2D eigenvalue weighted by Gasteiger charge is 2.43. The van der Waals surface area contributed by atoms with Crippen molar-refractivity contribution in [3.8, 4) is 11.5 Å². The molecule has 1 unspecified atom stereocenters.